The van der Waals surface area contributed by atoms with E-state index in [1.165, 1.54) is 47.3 Å². The van der Waals surface area contributed by atoms with E-state index < -0.39 is 0 Å². The molecule has 0 saturated carbocycles. The van der Waals surface area contributed by atoms with Crippen LogP contribution in [0.4, 0.5) is 0 Å². The number of hydrogen-bond donors (Lipinski definition) is 0. The van der Waals surface area contributed by atoms with Crippen LogP contribution in [0, 0.1) is 0 Å². The predicted molar refractivity (Wildman–Crippen MR) is 213 cm³/mol. The first-order valence-electron chi connectivity index (χ1n) is 16.9. The molecule has 0 aliphatic rings. The maximum atomic E-state index is 5.51. The Bertz CT molecular complexity index is 3150. The summed E-state index contributed by atoms with van der Waals surface area (Å²) < 4.78 is 4.95. The molecule has 50 heavy (non-hydrogen) atoms. The lowest BCUT2D eigenvalue weighted by molar-refractivity contribution is 1.02. The number of thiophene rings is 1. The first-order valence-corrected chi connectivity index (χ1v) is 17.7. The summed E-state index contributed by atoms with van der Waals surface area (Å²) in [5, 5.41) is 10.6. The highest BCUT2D eigenvalue weighted by Gasteiger charge is 2.22. The Morgan fingerprint density at radius 3 is 1.92 bits per heavy atom. The van der Waals surface area contributed by atoms with Gasteiger partial charge in [0.2, 0.25) is 5.95 Å². The number of nitrogens with zero attached hydrogens (tertiary/aromatic N) is 3. The lowest BCUT2D eigenvalue weighted by Crippen LogP contribution is -2.05. The molecule has 3 aromatic heterocycles. The molecule has 232 valence electrons. The third-order valence-electron chi connectivity index (χ3n) is 10.2. The van der Waals surface area contributed by atoms with E-state index in [9.17, 15) is 0 Å². The molecule has 11 aromatic rings. The van der Waals surface area contributed by atoms with Crippen LogP contribution in [-0.4, -0.2) is 14.5 Å². The molecule has 0 fully saturated rings. The second-order valence-electron chi connectivity index (χ2n) is 13.0. The molecular formula is C46H27N3S. The van der Waals surface area contributed by atoms with Crippen molar-refractivity contribution >= 4 is 85.8 Å². The van der Waals surface area contributed by atoms with Gasteiger partial charge in [-0.2, -0.15) is 0 Å². The highest BCUT2D eigenvalue weighted by atomic mass is 32.1. The summed E-state index contributed by atoms with van der Waals surface area (Å²) in [5.41, 5.74) is 7.50. The maximum absolute atomic E-state index is 5.51. The summed E-state index contributed by atoms with van der Waals surface area (Å²) in [7, 11) is 0. The van der Waals surface area contributed by atoms with E-state index in [2.05, 4.69) is 168 Å². The molecule has 8 aromatic carbocycles. The molecule has 0 spiro atoms. The zero-order valence-electron chi connectivity index (χ0n) is 26.8. The van der Waals surface area contributed by atoms with Crippen molar-refractivity contribution in [3.8, 4) is 28.3 Å². The number of benzene rings is 8. The van der Waals surface area contributed by atoms with Crippen LogP contribution in [0.1, 0.15) is 0 Å². The summed E-state index contributed by atoms with van der Waals surface area (Å²) in [6.07, 6.45) is 0. The van der Waals surface area contributed by atoms with E-state index in [-0.39, 0.29) is 0 Å². The molecule has 0 saturated heterocycles. The third-order valence-corrected chi connectivity index (χ3v) is 11.3. The molecule has 0 aliphatic carbocycles. The van der Waals surface area contributed by atoms with Gasteiger partial charge in [0.15, 0.2) is 0 Å². The number of aromatic nitrogens is 3. The standard InChI is InChI=1S/C46H27N3S/c1-2-13-30(14-3-1)42-38-25-22-28-11-4-6-15-32(28)43(38)48-46(47-42)49-44-33-16-7-5-12-29(33)21-24-37(44)36-19-10-18-34(45(36)49)31-23-26-41-39(27-31)35-17-8-9-20-40(35)50-41/h1-27H. The molecule has 3 heterocycles. The lowest BCUT2D eigenvalue weighted by atomic mass is 9.99. The second kappa shape index (κ2) is 10.6. The Balaban J connectivity index is 1.32. The molecule has 0 aliphatic heterocycles. The summed E-state index contributed by atoms with van der Waals surface area (Å²) in [6.45, 7) is 0. The number of rotatable bonds is 3. The van der Waals surface area contributed by atoms with Gasteiger partial charge in [-0.25, -0.2) is 9.97 Å². The van der Waals surface area contributed by atoms with Crippen LogP contribution < -0.4 is 0 Å². The van der Waals surface area contributed by atoms with Crippen molar-refractivity contribution in [1.29, 1.82) is 0 Å². The third kappa shape index (κ3) is 3.97. The summed E-state index contributed by atoms with van der Waals surface area (Å²) in [6, 6.07) is 58.9. The number of para-hydroxylation sites is 1. The summed E-state index contributed by atoms with van der Waals surface area (Å²) in [4.78, 5) is 11.0. The van der Waals surface area contributed by atoms with Crippen LogP contribution in [0.2, 0.25) is 0 Å². The van der Waals surface area contributed by atoms with Crippen LogP contribution in [0.3, 0.4) is 0 Å². The molecule has 0 amide bonds. The van der Waals surface area contributed by atoms with Gasteiger partial charge in [-0.3, -0.25) is 4.57 Å². The molecular weight excluding hydrogens is 627 g/mol. The Morgan fingerprint density at radius 1 is 0.400 bits per heavy atom. The van der Waals surface area contributed by atoms with Gasteiger partial charge in [-0.05, 0) is 40.6 Å². The number of hydrogen-bond acceptors (Lipinski definition) is 3. The molecule has 0 radical (unpaired) electrons. The molecule has 0 atom stereocenters. The predicted octanol–water partition coefficient (Wildman–Crippen LogP) is 12.7. The van der Waals surface area contributed by atoms with Gasteiger partial charge in [0.25, 0.3) is 0 Å². The van der Waals surface area contributed by atoms with Crippen molar-refractivity contribution in [2.24, 2.45) is 0 Å². The van der Waals surface area contributed by atoms with Gasteiger partial charge in [-0.1, -0.05) is 140 Å². The van der Waals surface area contributed by atoms with Crippen molar-refractivity contribution in [2.75, 3.05) is 0 Å². The van der Waals surface area contributed by atoms with Crippen molar-refractivity contribution in [3.63, 3.8) is 0 Å². The minimum Gasteiger partial charge on any atom is -0.277 e. The quantitative estimate of drug-likeness (QED) is 0.178. The zero-order chi connectivity index (χ0) is 32.8. The second-order valence-corrected chi connectivity index (χ2v) is 14.0. The first-order chi connectivity index (χ1) is 24.8. The molecule has 3 nitrogen and oxygen atoms in total. The van der Waals surface area contributed by atoms with Crippen LogP contribution in [0.15, 0.2) is 164 Å². The van der Waals surface area contributed by atoms with Crippen molar-refractivity contribution in [2.45, 2.75) is 0 Å². The van der Waals surface area contributed by atoms with Crippen molar-refractivity contribution in [3.05, 3.63) is 164 Å². The van der Waals surface area contributed by atoms with Crippen LogP contribution in [-0.2, 0) is 0 Å². The lowest BCUT2D eigenvalue weighted by Gasteiger charge is -2.15. The van der Waals surface area contributed by atoms with Crippen LogP contribution in [0.5, 0.6) is 0 Å². The fourth-order valence-electron chi connectivity index (χ4n) is 7.92. The van der Waals surface area contributed by atoms with Gasteiger partial charge in [0.1, 0.15) is 0 Å². The minimum absolute atomic E-state index is 0.665. The molecule has 4 heteroatoms. The van der Waals surface area contributed by atoms with Crippen LogP contribution in [0.25, 0.3) is 103 Å². The number of fused-ring (bicyclic) bond motifs is 11. The molecule has 0 N–H and O–H groups in total. The van der Waals surface area contributed by atoms with Crippen molar-refractivity contribution < 1.29 is 0 Å². The summed E-state index contributed by atoms with van der Waals surface area (Å²) >= 11 is 1.85. The van der Waals surface area contributed by atoms with Gasteiger partial charge in [0.05, 0.1) is 22.2 Å². The fraction of sp³-hybridized carbons (Fsp3) is 0. The minimum atomic E-state index is 0.665. The van der Waals surface area contributed by atoms with Gasteiger partial charge in [-0.15, -0.1) is 11.3 Å². The normalized spacial score (nSPS) is 12.0. The average molecular weight is 654 g/mol. The molecule has 0 unspecified atom stereocenters. The molecule has 0 bridgehead atoms. The van der Waals surface area contributed by atoms with E-state index >= 15 is 0 Å². The highest BCUT2D eigenvalue weighted by molar-refractivity contribution is 7.25. The van der Waals surface area contributed by atoms with Gasteiger partial charge < -0.3 is 0 Å². The van der Waals surface area contributed by atoms with Crippen LogP contribution >= 0.6 is 11.3 Å². The molecule has 11 rings (SSSR count). The Kier molecular flexibility index (Phi) is 5.83. The van der Waals surface area contributed by atoms with E-state index in [0.717, 1.165) is 49.5 Å². The van der Waals surface area contributed by atoms with Gasteiger partial charge in [0, 0.05) is 58.2 Å². The van der Waals surface area contributed by atoms with E-state index in [0.29, 0.717) is 5.95 Å². The Labute approximate surface area is 291 Å². The smallest absolute Gasteiger partial charge is 0.235 e. The Morgan fingerprint density at radius 2 is 1.06 bits per heavy atom. The zero-order valence-corrected chi connectivity index (χ0v) is 27.7. The first kappa shape index (κ1) is 27.6. The SMILES string of the molecule is c1ccc(-c2nc(-n3c4c(-c5ccc6sc7ccccc7c6c5)cccc4c4ccc5ccccc5c43)nc3c2ccc2ccccc23)cc1. The highest BCUT2D eigenvalue weighted by Crippen LogP contribution is 2.43. The van der Waals surface area contributed by atoms with Gasteiger partial charge >= 0.3 is 0 Å². The topological polar surface area (TPSA) is 30.7 Å². The maximum Gasteiger partial charge on any atom is 0.235 e. The summed E-state index contributed by atoms with van der Waals surface area (Å²) in [5.74, 6) is 0.665. The largest absolute Gasteiger partial charge is 0.277 e. The van der Waals surface area contributed by atoms with E-state index in [1.807, 2.05) is 11.3 Å². The van der Waals surface area contributed by atoms with E-state index in [1.54, 1.807) is 0 Å². The average Bonchev–Trinajstić information content (AvgIpc) is 3.73. The van der Waals surface area contributed by atoms with Crippen molar-refractivity contribution in [1.82, 2.24) is 14.5 Å². The fourth-order valence-corrected chi connectivity index (χ4v) is 9.01. The monoisotopic (exact) mass is 653 g/mol. The van der Waals surface area contributed by atoms with E-state index in [4.69, 9.17) is 9.97 Å². The Hall–Kier alpha value is -6.36.